The molecular weight excluding hydrogens is 579 g/mol. The maximum absolute atomic E-state index is 12.6. The Morgan fingerprint density at radius 3 is 2.18 bits per heavy atom. The summed E-state index contributed by atoms with van der Waals surface area (Å²) < 4.78 is 59.2. The number of halogens is 5. The van der Waals surface area contributed by atoms with Gasteiger partial charge in [0.2, 0.25) is 5.91 Å². The summed E-state index contributed by atoms with van der Waals surface area (Å²) >= 11 is 0. The number of aromatic nitrogens is 1. The van der Waals surface area contributed by atoms with Crippen LogP contribution in [-0.4, -0.2) is 73.5 Å². The van der Waals surface area contributed by atoms with Crippen LogP contribution in [0.1, 0.15) is 70.9 Å². The zero-order valence-corrected chi connectivity index (χ0v) is 26.5. The lowest BCUT2D eigenvalue weighted by molar-refractivity contribution is -0.135. The molecule has 2 heterocycles. The van der Waals surface area contributed by atoms with Gasteiger partial charge in [-0.1, -0.05) is 50.1 Å². The van der Waals surface area contributed by atoms with E-state index in [0.717, 1.165) is 49.9 Å². The lowest BCUT2D eigenvalue weighted by Crippen LogP contribution is -2.40. The Balaban J connectivity index is 0.000000674. The number of benzene rings is 1. The van der Waals surface area contributed by atoms with Crippen molar-refractivity contribution in [2.45, 2.75) is 84.9 Å². The van der Waals surface area contributed by atoms with Crippen molar-refractivity contribution in [3.63, 3.8) is 0 Å². The highest BCUT2D eigenvalue weighted by Crippen LogP contribution is 2.27. The number of nitrogens with zero attached hydrogens (tertiary/aromatic N) is 5. The monoisotopic (exact) mass is 626 g/mol. The van der Waals surface area contributed by atoms with Gasteiger partial charge in [-0.3, -0.25) is 19.7 Å². The predicted octanol–water partition coefficient (Wildman–Crippen LogP) is 8.16. The molecule has 7 nitrogen and oxygen atoms in total. The van der Waals surface area contributed by atoms with E-state index in [0.29, 0.717) is 12.6 Å². The maximum Gasteiger partial charge on any atom is 0.389 e. The molecule has 0 unspecified atom stereocenters. The minimum Gasteiger partial charge on any atom is -0.324 e. The van der Waals surface area contributed by atoms with Gasteiger partial charge >= 0.3 is 6.18 Å². The number of hydrogen-bond donors (Lipinski definition) is 1. The van der Waals surface area contributed by atoms with Crippen LogP contribution in [0.3, 0.4) is 0 Å². The summed E-state index contributed by atoms with van der Waals surface area (Å²) in [5.41, 5.74) is 1.68. The summed E-state index contributed by atoms with van der Waals surface area (Å²) in [6, 6.07) is 10.3. The van der Waals surface area contributed by atoms with Crippen LogP contribution in [0.15, 0.2) is 63.8 Å². The van der Waals surface area contributed by atoms with Gasteiger partial charge in [0.15, 0.2) is 0 Å². The molecule has 1 aromatic carbocycles. The first-order chi connectivity index (χ1) is 20.6. The molecule has 2 aromatic rings. The Kier molecular flexibility index (Phi) is 20.3. The van der Waals surface area contributed by atoms with Crippen molar-refractivity contribution in [2.75, 3.05) is 31.5 Å². The summed E-state index contributed by atoms with van der Waals surface area (Å²) in [6.45, 7) is 17.7. The second-order valence-corrected chi connectivity index (χ2v) is 10.3. The molecule has 3 rings (SSSR count). The van der Waals surface area contributed by atoms with Crippen molar-refractivity contribution in [3.8, 4) is 0 Å². The molecule has 12 heteroatoms. The zero-order valence-electron chi connectivity index (χ0n) is 26.5. The number of anilines is 1. The van der Waals surface area contributed by atoms with Gasteiger partial charge in [-0.2, -0.15) is 13.2 Å². The van der Waals surface area contributed by atoms with E-state index in [9.17, 15) is 26.7 Å². The van der Waals surface area contributed by atoms with Crippen molar-refractivity contribution in [1.29, 1.82) is 0 Å². The van der Waals surface area contributed by atoms with Crippen LogP contribution in [0.2, 0.25) is 0 Å². The van der Waals surface area contributed by atoms with Gasteiger partial charge in [-0.25, -0.2) is 13.8 Å². The fourth-order valence-corrected chi connectivity index (χ4v) is 3.66. The second kappa shape index (κ2) is 22.0. The molecule has 1 aliphatic rings. The largest absolute Gasteiger partial charge is 0.389 e. The van der Waals surface area contributed by atoms with Crippen molar-refractivity contribution in [1.82, 2.24) is 9.88 Å². The maximum atomic E-state index is 12.6. The van der Waals surface area contributed by atoms with E-state index in [1.165, 1.54) is 18.6 Å². The van der Waals surface area contributed by atoms with Crippen LogP contribution in [0.5, 0.6) is 0 Å². The molecule has 44 heavy (non-hydrogen) atoms. The van der Waals surface area contributed by atoms with E-state index in [-0.39, 0.29) is 24.4 Å². The van der Waals surface area contributed by atoms with Gasteiger partial charge in [0, 0.05) is 44.7 Å². The number of aliphatic imine (C=N–C) groups is 3. The average molecular weight is 627 g/mol. The first-order valence-corrected chi connectivity index (χ1v) is 14.5. The smallest absolute Gasteiger partial charge is 0.324 e. The van der Waals surface area contributed by atoms with E-state index in [4.69, 9.17) is 0 Å². The number of nitrogens with one attached hydrogen (secondary N) is 1. The highest BCUT2D eigenvalue weighted by molar-refractivity contribution is 5.92. The summed E-state index contributed by atoms with van der Waals surface area (Å²) in [5, 5.41) is 2.85. The fraction of sp³-hybridized carbons (Fsp3) is 0.531. The quantitative estimate of drug-likeness (QED) is 0.139. The van der Waals surface area contributed by atoms with E-state index < -0.39 is 18.5 Å². The number of hydrogen-bond acceptors (Lipinski definition) is 5. The number of piperidine rings is 1. The SMILES string of the molecule is C=NC(C)=NC1CCN(CC(=O)Nc2cccnc2)CC1.C=NCCCC(F)(F)F.CCC.Cc1cccc(C(C)(F)F)c1. The number of aryl methyl sites for hydroxylation is 1. The molecule has 1 aromatic heterocycles. The molecule has 1 N–H and O–H groups in total. The van der Waals surface area contributed by atoms with Gasteiger partial charge in [0.1, 0.15) is 5.84 Å². The molecule has 0 atom stereocenters. The van der Waals surface area contributed by atoms with Gasteiger partial charge in [0.05, 0.1) is 24.5 Å². The minimum atomic E-state index is -4.04. The molecular formula is C32H47F5N6O. The van der Waals surface area contributed by atoms with Gasteiger partial charge in [-0.15, -0.1) is 0 Å². The van der Waals surface area contributed by atoms with E-state index in [1.54, 1.807) is 37.5 Å². The number of amidine groups is 1. The fourth-order valence-electron chi connectivity index (χ4n) is 3.66. The van der Waals surface area contributed by atoms with E-state index in [2.05, 4.69) is 57.5 Å². The topological polar surface area (TPSA) is 82.3 Å². The van der Waals surface area contributed by atoms with E-state index in [1.807, 2.05) is 13.0 Å². The molecule has 1 amide bonds. The molecule has 1 aliphatic heterocycles. The van der Waals surface area contributed by atoms with Gasteiger partial charge < -0.3 is 10.3 Å². The van der Waals surface area contributed by atoms with Crippen LogP contribution < -0.4 is 5.32 Å². The number of pyridine rings is 1. The van der Waals surface area contributed by atoms with Crippen molar-refractivity contribution >= 4 is 30.9 Å². The third-order valence-electron chi connectivity index (χ3n) is 5.77. The summed E-state index contributed by atoms with van der Waals surface area (Å²) in [4.78, 5) is 29.7. The summed E-state index contributed by atoms with van der Waals surface area (Å²) in [5.74, 6) is -1.98. The average Bonchev–Trinajstić information content (AvgIpc) is 2.95. The zero-order chi connectivity index (χ0) is 33.6. The Bertz CT molecular complexity index is 1110. The van der Waals surface area contributed by atoms with Crippen molar-refractivity contribution < 1.29 is 26.7 Å². The normalized spacial score (nSPS) is 14.0. The van der Waals surface area contributed by atoms with Crippen LogP contribution >= 0.6 is 0 Å². The molecule has 0 aliphatic carbocycles. The van der Waals surface area contributed by atoms with Crippen molar-refractivity contribution in [3.05, 3.63) is 59.9 Å². The first kappa shape index (κ1) is 40.5. The second-order valence-electron chi connectivity index (χ2n) is 10.3. The number of rotatable bonds is 8. The minimum absolute atomic E-state index is 0.00566. The highest BCUT2D eigenvalue weighted by atomic mass is 19.4. The molecule has 0 radical (unpaired) electrons. The Morgan fingerprint density at radius 1 is 1.09 bits per heavy atom. The molecule has 0 saturated carbocycles. The van der Waals surface area contributed by atoms with Crippen molar-refractivity contribution in [2.24, 2.45) is 15.0 Å². The lowest BCUT2D eigenvalue weighted by atomic mass is 10.1. The Hall–Kier alpha value is -3.54. The predicted molar refractivity (Wildman–Crippen MR) is 171 cm³/mol. The molecule has 1 saturated heterocycles. The standard InChI is InChI=1S/C15H21N5O.C9H10F2.C5H8F3N.C3H8/c1-12(16-2)18-13-5-8-20(9-6-13)11-15(21)19-14-4-3-7-17-10-14;1-7-4-3-5-8(6-7)9(2,10)11;1-9-4-2-3-5(6,7)8;1-3-2/h3-4,7,10,13H,2,5-6,8-9,11H2,1H3,(H,19,21);3-6H,1-2H3;1-4H2;3H2,1-2H3. The van der Waals surface area contributed by atoms with Crippen LogP contribution in [-0.2, 0) is 10.7 Å². The van der Waals surface area contributed by atoms with Crippen LogP contribution in [0, 0.1) is 6.92 Å². The molecule has 1 fully saturated rings. The van der Waals surface area contributed by atoms with Crippen LogP contribution in [0.4, 0.5) is 27.6 Å². The third kappa shape index (κ3) is 21.2. The Morgan fingerprint density at radius 2 is 1.73 bits per heavy atom. The van der Waals surface area contributed by atoms with E-state index >= 15 is 0 Å². The molecule has 246 valence electrons. The highest BCUT2D eigenvalue weighted by Gasteiger charge is 2.25. The number of amides is 1. The number of carbonyl (C=O) groups excluding carboxylic acids is 1. The lowest BCUT2D eigenvalue weighted by Gasteiger charge is -2.29. The Labute approximate surface area is 258 Å². The number of alkyl halides is 5. The molecule has 0 spiro atoms. The van der Waals surface area contributed by atoms with Crippen LogP contribution in [0.25, 0.3) is 0 Å². The molecule has 0 bridgehead atoms. The summed E-state index contributed by atoms with van der Waals surface area (Å²) in [7, 11) is 0. The third-order valence-corrected chi connectivity index (χ3v) is 5.77. The van der Waals surface area contributed by atoms with Gasteiger partial charge in [0.25, 0.3) is 5.92 Å². The summed E-state index contributed by atoms with van der Waals surface area (Å²) in [6.07, 6.45) is 1.73. The first-order valence-electron chi connectivity index (χ1n) is 14.5. The van der Waals surface area contributed by atoms with Gasteiger partial charge in [-0.05, 0) is 58.7 Å². The number of carbonyl (C=O) groups is 1. The number of likely N-dealkylation sites (tertiary alicyclic amines) is 1.